The number of carbonyl (C=O) groups is 1. The number of aryl methyl sites for hydroxylation is 1. The first-order valence-electron chi connectivity index (χ1n) is 7.03. The molecule has 0 N–H and O–H groups in total. The Labute approximate surface area is 121 Å². The van der Waals surface area contributed by atoms with Crippen LogP contribution in [0.15, 0.2) is 6.20 Å². The maximum atomic E-state index is 12.8. The highest BCUT2D eigenvalue weighted by atomic mass is 19.4. The number of alkyl halides is 3. The summed E-state index contributed by atoms with van der Waals surface area (Å²) in [4.78, 5) is 11.9. The summed E-state index contributed by atoms with van der Waals surface area (Å²) in [5.74, 6) is -0.203. The minimum Gasteiger partial charge on any atom is -0.467 e. The van der Waals surface area contributed by atoms with Gasteiger partial charge in [-0.2, -0.15) is 18.3 Å². The van der Waals surface area contributed by atoms with Crippen molar-refractivity contribution in [1.82, 2.24) is 9.78 Å². The molecule has 4 nitrogen and oxygen atoms in total. The molecule has 1 aliphatic rings. The van der Waals surface area contributed by atoms with Gasteiger partial charge in [-0.05, 0) is 24.8 Å². The smallest absolute Gasteiger partial charge is 0.435 e. The molecule has 2 rings (SSSR count). The first-order chi connectivity index (χ1) is 9.82. The number of rotatable bonds is 4. The molecular weight excluding hydrogens is 285 g/mol. The normalized spacial score (nSPS) is 18.0. The van der Waals surface area contributed by atoms with E-state index in [0.29, 0.717) is 12.3 Å². The molecule has 1 heterocycles. The van der Waals surface area contributed by atoms with Gasteiger partial charge in [0.25, 0.3) is 0 Å². The average Bonchev–Trinajstić information content (AvgIpc) is 3.03. The Morgan fingerprint density at radius 2 is 2.10 bits per heavy atom. The zero-order valence-corrected chi connectivity index (χ0v) is 12.1. The van der Waals surface area contributed by atoms with Crippen molar-refractivity contribution < 1.29 is 22.7 Å². The number of carbonyl (C=O) groups excluding carboxylic acids is 1. The van der Waals surface area contributed by atoms with Crippen LogP contribution in [-0.4, -0.2) is 22.9 Å². The van der Waals surface area contributed by atoms with Gasteiger partial charge in [0.05, 0.1) is 7.11 Å². The van der Waals surface area contributed by atoms with E-state index in [1.165, 1.54) is 20.2 Å². The van der Waals surface area contributed by atoms with E-state index < -0.39 is 23.9 Å². The third kappa shape index (κ3) is 3.57. The van der Waals surface area contributed by atoms with Gasteiger partial charge < -0.3 is 4.74 Å². The first-order valence-corrected chi connectivity index (χ1v) is 7.03. The Balaban J connectivity index is 2.26. The molecule has 1 aliphatic carbocycles. The highest BCUT2D eigenvalue weighted by Crippen LogP contribution is 2.34. The minimum atomic E-state index is -4.51. The maximum Gasteiger partial charge on any atom is 0.435 e. The molecule has 0 saturated heterocycles. The summed E-state index contributed by atoms with van der Waals surface area (Å²) in [5, 5.41) is 3.58. The van der Waals surface area contributed by atoms with E-state index in [-0.39, 0.29) is 5.56 Å². The van der Waals surface area contributed by atoms with E-state index in [4.69, 9.17) is 4.74 Å². The van der Waals surface area contributed by atoms with E-state index in [1.807, 2.05) is 0 Å². The molecule has 7 heteroatoms. The van der Waals surface area contributed by atoms with Crippen molar-refractivity contribution in [3.8, 4) is 0 Å². The molecule has 1 atom stereocenters. The number of methoxy groups -OCH3 is 1. The molecule has 0 radical (unpaired) electrons. The predicted octanol–water partition coefficient (Wildman–Crippen LogP) is 3.50. The first kappa shape index (κ1) is 15.9. The fourth-order valence-electron chi connectivity index (χ4n) is 2.93. The van der Waals surface area contributed by atoms with Crippen LogP contribution in [0.3, 0.4) is 0 Å². The highest BCUT2D eigenvalue weighted by Gasteiger charge is 2.37. The summed E-state index contributed by atoms with van der Waals surface area (Å²) in [6.07, 6.45) is 1.45. The van der Waals surface area contributed by atoms with Gasteiger partial charge in [-0.15, -0.1) is 0 Å². The van der Waals surface area contributed by atoms with Crippen molar-refractivity contribution >= 4 is 5.97 Å². The summed E-state index contributed by atoms with van der Waals surface area (Å²) in [6, 6.07) is -0.784. The number of hydrogen-bond acceptors (Lipinski definition) is 3. The second-order valence-corrected chi connectivity index (χ2v) is 5.56. The molecule has 21 heavy (non-hydrogen) atoms. The second-order valence-electron chi connectivity index (χ2n) is 5.56. The van der Waals surface area contributed by atoms with Crippen LogP contribution in [0.4, 0.5) is 13.2 Å². The van der Waals surface area contributed by atoms with Gasteiger partial charge in [-0.3, -0.25) is 4.68 Å². The lowest BCUT2D eigenvalue weighted by Gasteiger charge is -2.19. The van der Waals surface area contributed by atoms with Crippen molar-refractivity contribution in [1.29, 1.82) is 0 Å². The van der Waals surface area contributed by atoms with Gasteiger partial charge in [0, 0.05) is 6.20 Å². The largest absolute Gasteiger partial charge is 0.467 e. The topological polar surface area (TPSA) is 44.1 Å². The summed E-state index contributed by atoms with van der Waals surface area (Å²) in [7, 11) is 1.24. The van der Waals surface area contributed by atoms with Crippen LogP contribution < -0.4 is 0 Å². The molecule has 1 saturated carbocycles. The van der Waals surface area contributed by atoms with Gasteiger partial charge >= 0.3 is 12.1 Å². The van der Waals surface area contributed by atoms with Gasteiger partial charge in [-0.1, -0.05) is 25.7 Å². The van der Waals surface area contributed by atoms with Crippen LogP contribution in [0.1, 0.15) is 49.4 Å². The van der Waals surface area contributed by atoms with Crippen LogP contribution in [-0.2, 0) is 15.7 Å². The van der Waals surface area contributed by atoms with Crippen LogP contribution >= 0.6 is 0 Å². The van der Waals surface area contributed by atoms with Crippen molar-refractivity contribution in [3.05, 3.63) is 17.5 Å². The third-order valence-electron chi connectivity index (χ3n) is 4.01. The van der Waals surface area contributed by atoms with Crippen LogP contribution in [0.2, 0.25) is 0 Å². The Morgan fingerprint density at radius 3 is 2.57 bits per heavy atom. The Hall–Kier alpha value is -1.53. The van der Waals surface area contributed by atoms with E-state index in [1.54, 1.807) is 0 Å². The van der Waals surface area contributed by atoms with Gasteiger partial charge in [0.2, 0.25) is 0 Å². The number of aromatic nitrogens is 2. The monoisotopic (exact) mass is 304 g/mol. The molecular formula is C14H19F3N2O2. The molecule has 0 aromatic carbocycles. The van der Waals surface area contributed by atoms with E-state index in [9.17, 15) is 18.0 Å². The lowest BCUT2D eigenvalue weighted by atomic mass is 9.98. The average molecular weight is 304 g/mol. The Kier molecular flexibility index (Phi) is 4.58. The molecule has 1 unspecified atom stereocenters. The fraction of sp³-hybridized carbons (Fsp3) is 0.714. The molecule has 1 fully saturated rings. The van der Waals surface area contributed by atoms with E-state index in [2.05, 4.69) is 5.10 Å². The Morgan fingerprint density at radius 1 is 1.48 bits per heavy atom. The second kappa shape index (κ2) is 6.07. The van der Waals surface area contributed by atoms with Crippen LogP contribution in [0.5, 0.6) is 0 Å². The van der Waals surface area contributed by atoms with Crippen molar-refractivity contribution in [2.75, 3.05) is 7.11 Å². The number of esters is 1. The van der Waals surface area contributed by atoms with Crippen molar-refractivity contribution in [2.45, 2.75) is 51.2 Å². The summed E-state index contributed by atoms with van der Waals surface area (Å²) < 4.78 is 44.3. The summed E-state index contributed by atoms with van der Waals surface area (Å²) in [6.45, 7) is 1.34. The highest BCUT2D eigenvalue weighted by molar-refractivity contribution is 5.74. The summed E-state index contributed by atoms with van der Waals surface area (Å²) in [5.41, 5.74) is -0.925. The fourth-order valence-corrected chi connectivity index (χ4v) is 2.93. The molecule has 1 aromatic heterocycles. The molecule has 0 bridgehead atoms. The lowest BCUT2D eigenvalue weighted by molar-refractivity contribution is -0.147. The van der Waals surface area contributed by atoms with Crippen molar-refractivity contribution in [3.63, 3.8) is 0 Å². The van der Waals surface area contributed by atoms with Gasteiger partial charge in [-0.25, -0.2) is 4.79 Å². The SMILES string of the molecule is COC(=O)C(CC1CCCC1)n1cc(C)c(C(F)(F)F)n1. The lowest BCUT2D eigenvalue weighted by Crippen LogP contribution is -2.24. The molecule has 0 amide bonds. The van der Waals surface area contributed by atoms with Gasteiger partial charge in [0.15, 0.2) is 5.69 Å². The quantitative estimate of drug-likeness (QED) is 0.800. The molecule has 118 valence electrons. The standard InChI is InChI=1S/C14H19F3N2O2/c1-9-8-19(18-12(9)14(15,16)17)11(13(20)21-2)7-10-5-3-4-6-10/h8,10-11H,3-7H2,1-2H3. The van der Waals surface area contributed by atoms with Crippen LogP contribution in [0, 0.1) is 12.8 Å². The van der Waals surface area contributed by atoms with E-state index >= 15 is 0 Å². The minimum absolute atomic E-state index is 0.0165. The Bertz CT molecular complexity index is 505. The van der Waals surface area contributed by atoms with Gasteiger partial charge in [0.1, 0.15) is 6.04 Å². The zero-order valence-electron chi connectivity index (χ0n) is 12.1. The number of halogens is 3. The molecule has 1 aromatic rings. The predicted molar refractivity (Wildman–Crippen MR) is 69.6 cm³/mol. The number of hydrogen-bond donors (Lipinski definition) is 0. The third-order valence-corrected chi connectivity index (χ3v) is 4.01. The van der Waals surface area contributed by atoms with Crippen LogP contribution in [0.25, 0.3) is 0 Å². The molecule has 0 aliphatic heterocycles. The zero-order chi connectivity index (χ0) is 15.6. The molecule has 0 spiro atoms. The van der Waals surface area contributed by atoms with Crippen molar-refractivity contribution in [2.24, 2.45) is 5.92 Å². The maximum absolute atomic E-state index is 12.8. The summed E-state index contributed by atoms with van der Waals surface area (Å²) >= 11 is 0. The van der Waals surface area contributed by atoms with E-state index in [0.717, 1.165) is 30.4 Å². The number of nitrogens with zero attached hydrogens (tertiary/aromatic N) is 2. The number of ether oxygens (including phenoxy) is 1.